The third-order valence-electron chi connectivity index (χ3n) is 8.65. The third-order valence-corrected chi connectivity index (χ3v) is 8.65. The van der Waals surface area contributed by atoms with E-state index in [9.17, 15) is 0 Å². The van der Waals surface area contributed by atoms with Gasteiger partial charge >= 0.3 is 0 Å². The summed E-state index contributed by atoms with van der Waals surface area (Å²) in [5.41, 5.74) is 8.52. The number of nitrogens with zero attached hydrogens (tertiary/aromatic N) is 1. The minimum Gasteiger partial charge on any atom is -0.256 e. The first-order chi connectivity index (χ1) is 20.8. The molecule has 1 aromatic heterocycles. The lowest BCUT2D eigenvalue weighted by atomic mass is 9.80. The van der Waals surface area contributed by atoms with E-state index < -0.39 is 0 Å². The van der Waals surface area contributed by atoms with Crippen molar-refractivity contribution in [1.29, 1.82) is 0 Å². The summed E-state index contributed by atoms with van der Waals surface area (Å²) in [6.45, 7) is 0. The first-order valence-corrected chi connectivity index (χ1v) is 14.7. The number of allylic oxidation sites excluding steroid dienone is 4. The van der Waals surface area contributed by atoms with Crippen LogP contribution in [0.25, 0.3) is 60.1 Å². The zero-order valence-corrected chi connectivity index (χ0v) is 23.2. The highest BCUT2D eigenvalue weighted by molar-refractivity contribution is 6.16. The normalized spacial score (nSPS) is 14.9. The fourth-order valence-electron chi connectivity index (χ4n) is 6.61. The van der Waals surface area contributed by atoms with E-state index in [1.165, 1.54) is 60.1 Å². The van der Waals surface area contributed by atoms with Gasteiger partial charge in [0, 0.05) is 17.7 Å². The van der Waals surface area contributed by atoms with E-state index in [4.69, 9.17) is 4.98 Å². The molecule has 0 fully saturated rings. The quantitative estimate of drug-likeness (QED) is 0.204. The Bertz CT molecular complexity index is 2090. The second-order valence-electron chi connectivity index (χ2n) is 11.1. The van der Waals surface area contributed by atoms with Gasteiger partial charge in [0.15, 0.2) is 0 Å². The first-order valence-electron chi connectivity index (χ1n) is 14.7. The van der Waals surface area contributed by atoms with Crippen LogP contribution in [0.4, 0.5) is 0 Å². The standard InChI is InChI=1S/C41H29N/c1-2-10-28(11-3-1)34-24-25-39(42-27-34)30-19-21-31(22-20-30)40-35-14-6-8-16-37(35)41(38-17-9-7-15-36(38)40)33-23-18-29-12-4-5-13-32(29)26-33/h1-21,23-27,31H,22H2. The Morgan fingerprint density at radius 3 is 1.83 bits per heavy atom. The fourth-order valence-corrected chi connectivity index (χ4v) is 6.61. The second-order valence-corrected chi connectivity index (χ2v) is 11.1. The van der Waals surface area contributed by atoms with Gasteiger partial charge in [-0.3, -0.25) is 4.98 Å². The molecule has 1 atom stereocenters. The van der Waals surface area contributed by atoms with Crippen molar-refractivity contribution in [3.05, 3.63) is 169 Å². The van der Waals surface area contributed by atoms with E-state index >= 15 is 0 Å². The summed E-state index contributed by atoms with van der Waals surface area (Å²) in [6, 6.07) is 48.1. The van der Waals surface area contributed by atoms with Gasteiger partial charge in [-0.15, -0.1) is 0 Å². The van der Waals surface area contributed by atoms with Crippen LogP contribution in [-0.4, -0.2) is 4.98 Å². The Kier molecular flexibility index (Phi) is 6.00. The lowest BCUT2D eigenvalue weighted by Gasteiger charge is -2.23. The fraction of sp³-hybridized carbons (Fsp3) is 0.0488. The third kappa shape index (κ3) is 4.22. The zero-order valence-electron chi connectivity index (χ0n) is 23.2. The minimum absolute atomic E-state index is 0.290. The molecule has 0 saturated carbocycles. The minimum atomic E-state index is 0.290. The number of hydrogen-bond donors (Lipinski definition) is 0. The highest BCUT2D eigenvalue weighted by Gasteiger charge is 2.21. The molecule has 0 spiro atoms. The van der Waals surface area contributed by atoms with Crippen LogP contribution >= 0.6 is 0 Å². The summed E-state index contributed by atoms with van der Waals surface area (Å²) in [4.78, 5) is 4.82. The van der Waals surface area contributed by atoms with Gasteiger partial charge in [-0.25, -0.2) is 0 Å². The molecule has 0 radical (unpaired) electrons. The molecule has 8 rings (SSSR count). The summed E-state index contributed by atoms with van der Waals surface area (Å²) in [6.07, 6.45) is 9.93. The van der Waals surface area contributed by atoms with Gasteiger partial charge < -0.3 is 0 Å². The Hall–Kier alpha value is -5.27. The topological polar surface area (TPSA) is 12.9 Å². The molecule has 1 aliphatic rings. The van der Waals surface area contributed by atoms with Crippen molar-refractivity contribution in [1.82, 2.24) is 4.98 Å². The van der Waals surface area contributed by atoms with Crippen molar-refractivity contribution in [3.8, 4) is 22.3 Å². The Morgan fingerprint density at radius 1 is 0.524 bits per heavy atom. The maximum atomic E-state index is 4.82. The molecule has 1 aliphatic carbocycles. The van der Waals surface area contributed by atoms with Crippen LogP contribution in [0.1, 0.15) is 23.6 Å². The number of rotatable bonds is 4. The molecule has 0 N–H and O–H groups in total. The maximum absolute atomic E-state index is 4.82. The van der Waals surface area contributed by atoms with E-state index in [1.807, 2.05) is 12.3 Å². The lowest BCUT2D eigenvalue weighted by Crippen LogP contribution is -2.02. The first kappa shape index (κ1) is 24.5. The molecule has 0 bridgehead atoms. The molecule has 42 heavy (non-hydrogen) atoms. The zero-order chi connectivity index (χ0) is 27.9. The average molecular weight is 536 g/mol. The van der Waals surface area contributed by atoms with Gasteiger partial charge in [-0.2, -0.15) is 0 Å². The van der Waals surface area contributed by atoms with Crippen LogP contribution in [0.5, 0.6) is 0 Å². The van der Waals surface area contributed by atoms with Crippen LogP contribution < -0.4 is 0 Å². The summed E-state index contributed by atoms with van der Waals surface area (Å²) >= 11 is 0. The molecule has 7 aromatic rings. The van der Waals surface area contributed by atoms with Crippen molar-refractivity contribution in [2.24, 2.45) is 0 Å². The Labute approximate surface area is 246 Å². The van der Waals surface area contributed by atoms with Crippen molar-refractivity contribution in [2.45, 2.75) is 12.3 Å². The molecule has 0 saturated heterocycles. The average Bonchev–Trinajstić information content (AvgIpc) is 3.07. The summed E-state index contributed by atoms with van der Waals surface area (Å²) in [7, 11) is 0. The van der Waals surface area contributed by atoms with Gasteiger partial charge in [0.2, 0.25) is 0 Å². The smallest absolute Gasteiger partial charge is 0.0699 e. The molecule has 0 aliphatic heterocycles. The number of fused-ring (bicyclic) bond motifs is 3. The van der Waals surface area contributed by atoms with Gasteiger partial charge in [-0.05, 0) is 78.7 Å². The van der Waals surface area contributed by atoms with E-state index in [1.54, 1.807) is 0 Å². The van der Waals surface area contributed by atoms with E-state index in [0.717, 1.165) is 17.7 Å². The second kappa shape index (κ2) is 10.3. The summed E-state index contributed by atoms with van der Waals surface area (Å²) in [5.74, 6) is 0.290. The van der Waals surface area contributed by atoms with Crippen LogP contribution in [0, 0.1) is 0 Å². The highest BCUT2D eigenvalue weighted by Crippen LogP contribution is 2.44. The van der Waals surface area contributed by atoms with Gasteiger partial charge in [0.25, 0.3) is 0 Å². The van der Waals surface area contributed by atoms with Crippen molar-refractivity contribution in [3.63, 3.8) is 0 Å². The molecule has 198 valence electrons. The van der Waals surface area contributed by atoms with Gasteiger partial charge in [-0.1, -0.05) is 140 Å². The predicted octanol–water partition coefficient (Wildman–Crippen LogP) is 11.0. The predicted molar refractivity (Wildman–Crippen MR) is 179 cm³/mol. The summed E-state index contributed by atoms with van der Waals surface area (Å²) in [5, 5.41) is 7.81. The van der Waals surface area contributed by atoms with Crippen LogP contribution in [0.3, 0.4) is 0 Å². The molecular formula is C41H29N. The SMILES string of the molecule is C1=CC(c2c3ccccc3c(-c3ccc4ccccc4c3)c3ccccc23)CC=C1c1ccc(-c2ccccc2)cn1. The molecular weight excluding hydrogens is 506 g/mol. The van der Waals surface area contributed by atoms with E-state index in [-0.39, 0.29) is 5.92 Å². The maximum Gasteiger partial charge on any atom is 0.0699 e. The van der Waals surface area contributed by atoms with Crippen molar-refractivity contribution < 1.29 is 0 Å². The van der Waals surface area contributed by atoms with Gasteiger partial charge in [0.1, 0.15) is 0 Å². The summed E-state index contributed by atoms with van der Waals surface area (Å²) < 4.78 is 0. The molecule has 1 heteroatoms. The van der Waals surface area contributed by atoms with E-state index in [0.29, 0.717) is 0 Å². The molecule has 1 unspecified atom stereocenters. The lowest BCUT2D eigenvalue weighted by molar-refractivity contribution is 0.872. The van der Waals surface area contributed by atoms with Crippen LogP contribution in [-0.2, 0) is 0 Å². The van der Waals surface area contributed by atoms with Crippen LogP contribution in [0.15, 0.2) is 158 Å². The number of pyridine rings is 1. The van der Waals surface area contributed by atoms with Crippen molar-refractivity contribution in [2.75, 3.05) is 0 Å². The molecule has 6 aromatic carbocycles. The van der Waals surface area contributed by atoms with Crippen LogP contribution in [0.2, 0.25) is 0 Å². The van der Waals surface area contributed by atoms with Crippen molar-refractivity contribution >= 4 is 37.9 Å². The number of hydrogen-bond acceptors (Lipinski definition) is 1. The molecule has 1 nitrogen and oxygen atoms in total. The largest absolute Gasteiger partial charge is 0.256 e. The number of aromatic nitrogens is 1. The van der Waals surface area contributed by atoms with E-state index in [2.05, 4.69) is 146 Å². The Morgan fingerprint density at radius 2 is 1.17 bits per heavy atom. The monoisotopic (exact) mass is 535 g/mol. The Balaban J connectivity index is 1.21. The molecule has 0 amide bonds. The highest BCUT2D eigenvalue weighted by atomic mass is 14.7. The molecule has 1 heterocycles. The van der Waals surface area contributed by atoms with Gasteiger partial charge in [0.05, 0.1) is 5.69 Å². The number of benzene rings is 6.